The molecule has 0 aromatic heterocycles. The topological polar surface area (TPSA) is 56.8 Å². The van der Waals surface area contributed by atoms with E-state index in [0.29, 0.717) is 17.1 Å². The Morgan fingerprint density at radius 3 is 2.00 bits per heavy atom. The zero-order valence-corrected chi connectivity index (χ0v) is 11.4. The molecule has 0 aliphatic heterocycles. The first kappa shape index (κ1) is 14.3. The highest BCUT2D eigenvalue weighted by atomic mass is 16.7. The van der Waals surface area contributed by atoms with E-state index in [1.165, 1.54) is 14.2 Å². The van der Waals surface area contributed by atoms with Crippen LogP contribution in [0.3, 0.4) is 0 Å². The highest BCUT2D eigenvalue weighted by Gasteiger charge is 2.20. The van der Waals surface area contributed by atoms with E-state index in [2.05, 4.69) is 5.48 Å². The van der Waals surface area contributed by atoms with Crippen LogP contribution < -0.4 is 15.0 Å². The quantitative estimate of drug-likeness (QED) is 0.835. The first-order chi connectivity index (χ1) is 8.39. The molecule has 0 atom stereocenters. The van der Waals surface area contributed by atoms with Gasteiger partial charge in [-0.05, 0) is 32.9 Å². The lowest BCUT2D eigenvalue weighted by Crippen LogP contribution is -2.33. The molecular formula is C13H19NO4. The fourth-order valence-electron chi connectivity index (χ4n) is 1.33. The van der Waals surface area contributed by atoms with Gasteiger partial charge in [-0.1, -0.05) is 6.07 Å². The lowest BCUT2D eigenvalue weighted by atomic mass is 10.1. The lowest BCUT2D eigenvalue weighted by molar-refractivity contribution is -0.0591. The SMILES string of the molecule is COc1cccc(OC)c1C(=O)NOC(C)(C)C. The molecule has 0 saturated carbocycles. The van der Waals surface area contributed by atoms with E-state index in [9.17, 15) is 4.79 Å². The van der Waals surface area contributed by atoms with E-state index in [1.54, 1.807) is 18.2 Å². The fourth-order valence-corrected chi connectivity index (χ4v) is 1.33. The Labute approximate surface area is 107 Å². The molecule has 18 heavy (non-hydrogen) atoms. The summed E-state index contributed by atoms with van der Waals surface area (Å²) in [6.07, 6.45) is 0. The predicted molar refractivity (Wildman–Crippen MR) is 67.9 cm³/mol. The second-order valence-corrected chi connectivity index (χ2v) is 4.68. The van der Waals surface area contributed by atoms with Crippen LogP contribution in [0.15, 0.2) is 18.2 Å². The molecule has 1 aromatic carbocycles. The number of ether oxygens (including phenoxy) is 2. The van der Waals surface area contributed by atoms with Gasteiger partial charge in [0, 0.05) is 0 Å². The molecule has 0 aliphatic rings. The number of amides is 1. The zero-order valence-electron chi connectivity index (χ0n) is 11.4. The molecule has 0 heterocycles. The van der Waals surface area contributed by atoms with Crippen LogP contribution in [0.2, 0.25) is 0 Å². The second-order valence-electron chi connectivity index (χ2n) is 4.68. The van der Waals surface area contributed by atoms with Gasteiger partial charge in [-0.15, -0.1) is 0 Å². The molecule has 0 spiro atoms. The molecule has 1 rings (SSSR count). The monoisotopic (exact) mass is 253 g/mol. The second kappa shape index (κ2) is 5.73. The molecule has 1 amide bonds. The van der Waals surface area contributed by atoms with Gasteiger partial charge in [0.25, 0.3) is 5.91 Å². The Kier molecular flexibility index (Phi) is 4.55. The Morgan fingerprint density at radius 2 is 1.61 bits per heavy atom. The van der Waals surface area contributed by atoms with E-state index in [4.69, 9.17) is 14.3 Å². The Morgan fingerprint density at radius 1 is 1.11 bits per heavy atom. The minimum Gasteiger partial charge on any atom is -0.496 e. The molecule has 0 aliphatic carbocycles. The molecule has 1 aromatic rings. The molecule has 0 bridgehead atoms. The van der Waals surface area contributed by atoms with E-state index in [1.807, 2.05) is 20.8 Å². The molecule has 1 N–H and O–H groups in total. The highest BCUT2D eigenvalue weighted by Crippen LogP contribution is 2.28. The van der Waals surface area contributed by atoms with Gasteiger partial charge in [-0.2, -0.15) is 0 Å². The number of hydroxylamine groups is 1. The number of benzene rings is 1. The number of rotatable bonds is 4. The van der Waals surface area contributed by atoms with Crippen molar-refractivity contribution in [3.8, 4) is 11.5 Å². The van der Waals surface area contributed by atoms with Crippen molar-refractivity contribution in [2.24, 2.45) is 0 Å². The van der Waals surface area contributed by atoms with E-state index >= 15 is 0 Å². The van der Waals surface area contributed by atoms with Crippen LogP contribution in [0.25, 0.3) is 0 Å². The number of hydrogen-bond acceptors (Lipinski definition) is 4. The minimum atomic E-state index is -0.467. The predicted octanol–water partition coefficient (Wildman–Crippen LogP) is 2.16. The first-order valence-electron chi connectivity index (χ1n) is 5.58. The van der Waals surface area contributed by atoms with E-state index < -0.39 is 11.5 Å². The van der Waals surface area contributed by atoms with Gasteiger partial charge in [0.15, 0.2) is 0 Å². The van der Waals surface area contributed by atoms with Crippen LogP contribution in [-0.4, -0.2) is 25.7 Å². The smallest absolute Gasteiger partial charge is 0.282 e. The number of carbonyl (C=O) groups is 1. The summed E-state index contributed by atoms with van der Waals surface area (Å²) in [6.45, 7) is 5.52. The molecular weight excluding hydrogens is 234 g/mol. The summed E-state index contributed by atoms with van der Waals surface area (Å²) in [4.78, 5) is 17.3. The number of carbonyl (C=O) groups excluding carboxylic acids is 1. The summed E-state index contributed by atoms with van der Waals surface area (Å²) in [5, 5.41) is 0. The van der Waals surface area contributed by atoms with Crippen LogP contribution in [0, 0.1) is 0 Å². The first-order valence-corrected chi connectivity index (χ1v) is 5.58. The van der Waals surface area contributed by atoms with Gasteiger partial charge >= 0.3 is 0 Å². The van der Waals surface area contributed by atoms with Crippen molar-refractivity contribution in [3.05, 3.63) is 23.8 Å². The zero-order chi connectivity index (χ0) is 13.8. The van der Waals surface area contributed by atoms with Crippen molar-refractivity contribution >= 4 is 5.91 Å². The van der Waals surface area contributed by atoms with E-state index in [-0.39, 0.29) is 0 Å². The summed E-state index contributed by atoms with van der Waals surface area (Å²) in [6, 6.07) is 5.13. The van der Waals surface area contributed by atoms with Crippen molar-refractivity contribution in [1.82, 2.24) is 5.48 Å². The maximum Gasteiger partial charge on any atom is 0.282 e. The maximum absolute atomic E-state index is 12.1. The van der Waals surface area contributed by atoms with Crippen LogP contribution in [-0.2, 0) is 4.84 Å². The molecule has 5 heteroatoms. The van der Waals surface area contributed by atoms with Crippen molar-refractivity contribution in [3.63, 3.8) is 0 Å². The molecule has 0 fully saturated rings. The lowest BCUT2D eigenvalue weighted by Gasteiger charge is -2.20. The molecule has 5 nitrogen and oxygen atoms in total. The van der Waals surface area contributed by atoms with Crippen molar-refractivity contribution in [2.75, 3.05) is 14.2 Å². The Hall–Kier alpha value is -1.75. The largest absolute Gasteiger partial charge is 0.496 e. The van der Waals surface area contributed by atoms with Crippen LogP contribution in [0.4, 0.5) is 0 Å². The summed E-state index contributed by atoms with van der Waals surface area (Å²) in [5.74, 6) is 0.466. The Balaban J connectivity index is 2.96. The number of nitrogens with one attached hydrogen (secondary N) is 1. The average molecular weight is 253 g/mol. The van der Waals surface area contributed by atoms with Crippen molar-refractivity contribution in [1.29, 1.82) is 0 Å². The average Bonchev–Trinajstić information content (AvgIpc) is 2.33. The van der Waals surface area contributed by atoms with Crippen LogP contribution in [0.5, 0.6) is 11.5 Å². The van der Waals surface area contributed by atoms with Gasteiger partial charge in [0.1, 0.15) is 17.1 Å². The molecule has 100 valence electrons. The van der Waals surface area contributed by atoms with E-state index in [0.717, 1.165) is 0 Å². The van der Waals surface area contributed by atoms with Crippen LogP contribution >= 0.6 is 0 Å². The van der Waals surface area contributed by atoms with Crippen molar-refractivity contribution in [2.45, 2.75) is 26.4 Å². The number of methoxy groups -OCH3 is 2. The summed E-state index contributed by atoms with van der Waals surface area (Å²) >= 11 is 0. The highest BCUT2D eigenvalue weighted by molar-refractivity contribution is 5.99. The van der Waals surface area contributed by atoms with Gasteiger partial charge in [0.05, 0.1) is 19.8 Å². The Bertz CT molecular complexity index is 401. The fraction of sp³-hybridized carbons (Fsp3) is 0.462. The van der Waals surface area contributed by atoms with Gasteiger partial charge < -0.3 is 9.47 Å². The van der Waals surface area contributed by atoms with Crippen LogP contribution in [0.1, 0.15) is 31.1 Å². The minimum absolute atomic E-state index is 0.312. The normalized spacial score (nSPS) is 10.9. The summed E-state index contributed by atoms with van der Waals surface area (Å²) in [5.41, 5.74) is 2.23. The standard InChI is InChI=1S/C13H19NO4/c1-13(2,3)18-14-12(15)11-9(16-4)7-6-8-10(11)17-5/h6-8H,1-5H3,(H,14,15). The summed E-state index contributed by atoms with van der Waals surface area (Å²) < 4.78 is 10.3. The molecule has 0 unspecified atom stereocenters. The third-order valence-corrected chi connectivity index (χ3v) is 2.10. The third-order valence-electron chi connectivity index (χ3n) is 2.10. The third kappa shape index (κ3) is 3.63. The number of hydrogen-bond donors (Lipinski definition) is 1. The van der Waals surface area contributed by atoms with Gasteiger partial charge in [0.2, 0.25) is 0 Å². The van der Waals surface area contributed by atoms with Gasteiger partial charge in [-0.25, -0.2) is 5.48 Å². The summed E-state index contributed by atoms with van der Waals surface area (Å²) in [7, 11) is 2.99. The maximum atomic E-state index is 12.1. The molecule has 0 radical (unpaired) electrons. The van der Waals surface area contributed by atoms with Crippen molar-refractivity contribution < 1.29 is 19.1 Å². The van der Waals surface area contributed by atoms with Gasteiger partial charge in [-0.3, -0.25) is 9.63 Å². The molecule has 0 saturated heterocycles.